The van der Waals surface area contributed by atoms with Gasteiger partial charge in [0.2, 0.25) is 0 Å². The Balaban J connectivity index is 1.89. The largest absolute Gasteiger partial charge is 0.508 e. The van der Waals surface area contributed by atoms with Gasteiger partial charge in [0.15, 0.2) is 0 Å². The van der Waals surface area contributed by atoms with Crippen LogP contribution in [0, 0.1) is 5.92 Å². The highest BCUT2D eigenvalue weighted by atomic mass is 16.3. The average molecular weight is 232 g/mol. The van der Waals surface area contributed by atoms with Gasteiger partial charge in [-0.25, -0.2) is 0 Å². The molecule has 0 heterocycles. The molecule has 0 radical (unpaired) electrons. The SMILES string of the molecule is CCCCC1CCC(c2ccccc2O)CC1. The van der Waals surface area contributed by atoms with Crippen LogP contribution in [0.3, 0.4) is 0 Å². The minimum absolute atomic E-state index is 0.490. The summed E-state index contributed by atoms with van der Waals surface area (Å²) in [5.41, 5.74) is 1.17. The van der Waals surface area contributed by atoms with Gasteiger partial charge in [-0.15, -0.1) is 0 Å². The van der Waals surface area contributed by atoms with Gasteiger partial charge >= 0.3 is 0 Å². The number of aromatic hydroxyl groups is 1. The number of hydrogen-bond acceptors (Lipinski definition) is 1. The van der Waals surface area contributed by atoms with Crippen molar-refractivity contribution in [3.05, 3.63) is 29.8 Å². The Labute approximate surface area is 105 Å². The molecule has 0 atom stereocenters. The van der Waals surface area contributed by atoms with Crippen LogP contribution < -0.4 is 0 Å². The third-order valence-electron chi connectivity index (χ3n) is 4.19. The molecule has 0 amide bonds. The van der Waals surface area contributed by atoms with Gasteiger partial charge in [-0.1, -0.05) is 44.4 Å². The first-order chi connectivity index (χ1) is 8.31. The fourth-order valence-electron chi connectivity index (χ4n) is 3.09. The molecule has 1 heteroatoms. The Morgan fingerprint density at radius 3 is 2.47 bits per heavy atom. The van der Waals surface area contributed by atoms with Crippen molar-refractivity contribution >= 4 is 0 Å². The standard InChI is InChI=1S/C16H24O/c1-2-3-6-13-9-11-14(12-10-13)15-7-4-5-8-16(15)17/h4-5,7-8,13-14,17H,2-3,6,9-12H2,1H3. The van der Waals surface area contributed by atoms with Crippen LogP contribution >= 0.6 is 0 Å². The molecule has 0 saturated heterocycles. The van der Waals surface area contributed by atoms with E-state index in [1.807, 2.05) is 18.2 Å². The summed E-state index contributed by atoms with van der Waals surface area (Å²) >= 11 is 0. The van der Waals surface area contributed by atoms with Gasteiger partial charge in [-0.3, -0.25) is 0 Å². The van der Waals surface area contributed by atoms with Crippen LogP contribution in [0.5, 0.6) is 5.75 Å². The van der Waals surface area contributed by atoms with Crippen molar-refractivity contribution in [2.24, 2.45) is 5.92 Å². The smallest absolute Gasteiger partial charge is 0.119 e. The monoisotopic (exact) mass is 232 g/mol. The molecular formula is C16H24O. The summed E-state index contributed by atoms with van der Waals surface area (Å²) in [6, 6.07) is 7.86. The molecule has 1 saturated carbocycles. The summed E-state index contributed by atoms with van der Waals surface area (Å²) in [6.45, 7) is 2.27. The van der Waals surface area contributed by atoms with Gasteiger partial charge < -0.3 is 5.11 Å². The maximum absolute atomic E-state index is 9.87. The van der Waals surface area contributed by atoms with E-state index >= 15 is 0 Å². The minimum atomic E-state index is 0.490. The first kappa shape index (κ1) is 12.5. The fourth-order valence-corrected chi connectivity index (χ4v) is 3.09. The number of hydrogen-bond donors (Lipinski definition) is 1. The zero-order valence-corrected chi connectivity index (χ0v) is 10.9. The molecule has 0 aliphatic heterocycles. The summed E-state index contributed by atoms with van der Waals surface area (Å²) < 4.78 is 0. The van der Waals surface area contributed by atoms with Crippen LogP contribution in [0.25, 0.3) is 0 Å². The number of unbranched alkanes of at least 4 members (excludes halogenated alkanes) is 1. The predicted octanol–water partition coefficient (Wildman–Crippen LogP) is 4.86. The average Bonchev–Trinajstić information content (AvgIpc) is 2.38. The number of para-hydroxylation sites is 1. The Bertz CT molecular complexity index is 337. The summed E-state index contributed by atoms with van der Waals surface area (Å²) in [4.78, 5) is 0. The van der Waals surface area contributed by atoms with Crippen LogP contribution in [-0.2, 0) is 0 Å². The molecule has 0 bridgehead atoms. The third-order valence-corrected chi connectivity index (χ3v) is 4.19. The van der Waals surface area contributed by atoms with Gasteiger partial charge in [-0.05, 0) is 49.1 Å². The number of rotatable bonds is 4. The molecule has 1 aromatic rings. The molecule has 0 spiro atoms. The summed E-state index contributed by atoms with van der Waals surface area (Å²) in [7, 11) is 0. The molecule has 0 aromatic heterocycles. The van der Waals surface area contributed by atoms with Crippen molar-refractivity contribution < 1.29 is 5.11 Å². The number of phenolic OH excluding ortho intramolecular Hbond substituents is 1. The zero-order chi connectivity index (χ0) is 12.1. The van der Waals surface area contributed by atoms with E-state index in [-0.39, 0.29) is 0 Å². The van der Waals surface area contributed by atoms with Gasteiger partial charge in [0.25, 0.3) is 0 Å². The van der Waals surface area contributed by atoms with E-state index in [1.54, 1.807) is 0 Å². The fraction of sp³-hybridized carbons (Fsp3) is 0.625. The van der Waals surface area contributed by atoms with E-state index in [9.17, 15) is 5.11 Å². The van der Waals surface area contributed by atoms with E-state index in [0.717, 1.165) is 5.92 Å². The van der Waals surface area contributed by atoms with Crippen LogP contribution in [0.4, 0.5) is 0 Å². The Kier molecular flexibility index (Phi) is 4.47. The summed E-state index contributed by atoms with van der Waals surface area (Å²) in [6.07, 6.45) is 9.31. The third kappa shape index (κ3) is 3.24. The van der Waals surface area contributed by atoms with Crippen molar-refractivity contribution in [2.75, 3.05) is 0 Å². The lowest BCUT2D eigenvalue weighted by atomic mass is 9.77. The normalized spacial score (nSPS) is 24.8. The lowest BCUT2D eigenvalue weighted by Crippen LogP contribution is -2.13. The Morgan fingerprint density at radius 1 is 1.12 bits per heavy atom. The van der Waals surface area contributed by atoms with E-state index in [0.29, 0.717) is 11.7 Å². The van der Waals surface area contributed by atoms with Crippen LogP contribution in [0.1, 0.15) is 63.4 Å². The predicted molar refractivity (Wildman–Crippen MR) is 72.3 cm³/mol. The van der Waals surface area contributed by atoms with Crippen molar-refractivity contribution in [2.45, 2.75) is 57.8 Å². The first-order valence-corrected chi connectivity index (χ1v) is 7.09. The van der Waals surface area contributed by atoms with Gasteiger partial charge in [0, 0.05) is 0 Å². The molecule has 94 valence electrons. The Hall–Kier alpha value is -0.980. The first-order valence-electron chi connectivity index (χ1n) is 7.09. The van der Waals surface area contributed by atoms with Crippen LogP contribution in [0.15, 0.2) is 24.3 Å². The van der Waals surface area contributed by atoms with Crippen LogP contribution in [-0.4, -0.2) is 5.11 Å². The lowest BCUT2D eigenvalue weighted by Gasteiger charge is -2.29. The summed E-state index contributed by atoms with van der Waals surface area (Å²) in [5, 5.41) is 9.87. The van der Waals surface area contributed by atoms with Crippen molar-refractivity contribution in [1.82, 2.24) is 0 Å². The molecule has 17 heavy (non-hydrogen) atoms. The number of phenols is 1. The van der Waals surface area contributed by atoms with Crippen molar-refractivity contribution in [3.8, 4) is 5.75 Å². The van der Waals surface area contributed by atoms with Crippen molar-refractivity contribution in [1.29, 1.82) is 0 Å². The molecule has 0 unspecified atom stereocenters. The topological polar surface area (TPSA) is 20.2 Å². The molecule has 1 N–H and O–H groups in total. The van der Waals surface area contributed by atoms with E-state index in [1.165, 1.54) is 50.5 Å². The molecule has 1 nitrogen and oxygen atoms in total. The molecule has 2 rings (SSSR count). The van der Waals surface area contributed by atoms with E-state index in [4.69, 9.17) is 0 Å². The second-order valence-corrected chi connectivity index (χ2v) is 5.42. The van der Waals surface area contributed by atoms with Crippen LogP contribution in [0.2, 0.25) is 0 Å². The van der Waals surface area contributed by atoms with E-state index < -0.39 is 0 Å². The van der Waals surface area contributed by atoms with Crippen molar-refractivity contribution in [3.63, 3.8) is 0 Å². The highest BCUT2D eigenvalue weighted by Crippen LogP contribution is 2.40. The quantitative estimate of drug-likeness (QED) is 0.786. The molecule has 1 aliphatic carbocycles. The molecule has 1 fully saturated rings. The lowest BCUT2D eigenvalue weighted by molar-refractivity contribution is 0.300. The van der Waals surface area contributed by atoms with Gasteiger partial charge in [0.1, 0.15) is 5.75 Å². The maximum Gasteiger partial charge on any atom is 0.119 e. The second-order valence-electron chi connectivity index (χ2n) is 5.42. The maximum atomic E-state index is 9.87. The molecule has 1 aliphatic rings. The zero-order valence-electron chi connectivity index (χ0n) is 10.9. The second kappa shape index (κ2) is 6.09. The van der Waals surface area contributed by atoms with E-state index in [2.05, 4.69) is 13.0 Å². The highest BCUT2D eigenvalue weighted by Gasteiger charge is 2.23. The molecule has 1 aromatic carbocycles. The molecular weight excluding hydrogens is 208 g/mol. The van der Waals surface area contributed by atoms with Gasteiger partial charge in [0.05, 0.1) is 0 Å². The summed E-state index contributed by atoms with van der Waals surface area (Å²) in [5.74, 6) is 2.02. The minimum Gasteiger partial charge on any atom is -0.508 e. The highest BCUT2D eigenvalue weighted by molar-refractivity contribution is 5.35. The number of benzene rings is 1. The Morgan fingerprint density at radius 2 is 1.82 bits per heavy atom. The van der Waals surface area contributed by atoms with Gasteiger partial charge in [-0.2, -0.15) is 0 Å².